The van der Waals surface area contributed by atoms with Crippen molar-refractivity contribution < 1.29 is 23.8 Å². The molecule has 8 nitrogen and oxygen atoms in total. The van der Waals surface area contributed by atoms with E-state index in [4.69, 9.17) is 14.2 Å². The molecule has 4 rings (SSSR count). The van der Waals surface area contributed by atoms with Crippen LogP contribution in [0.15, 0.2) is 24.3 Å². The Bertz CT molecular complexity index is 923. The molecule has 2 aromatic rings. The molecule has 2 aliphatic rings. The molecule has 0 N–H and O–H groups in total. The summed E-state index contributed by atoms with van der Waals surface area (Å²) >= 11 is 0. The second-order valence-electron chi connectivity index (χ2n) is 7.38. The minimum absolute atomic E-state index is 0.0450. The summed E-state index contributed by atoms with van der Waals surface area (Å²) in [5.41, 5.74) is 1.70. The van der Waals surface area contributed by atoms with E-state index in [1.807, 2.05) is 24.3 Å². The first kappa shape index (κ1) is 20.4. The van der Waals surface area contributed by atoms with E-state index in [-0.39, 0.29) is 11.7 Å². The number of morpholine rings is 1. The fourth-order valence-electron chi connectivity index (χ4n) is 3.63. The van der Waals surface area contributed by atoms with Gasteiger partial charge in [-0.2, -0.15) is 4.98 Å². The molecule has 2 heterocycles. The third kappa shape index (κ3) is 4.83. The highest BCUT2D eigenvalue weighted by atomic mass is 16.5. The number of carbonyl (C=O) groups is 2. The summed E-state index contributed by atoms with van der Waals surface area (Å²) in [4.78, 5) is 35.0. The Morgan fingerprint density at radius 3 is 2.63 bits per heavy atom. The van der Waals surface area contributed by atoms with Gasteiger partial charge in [0.15, 0.2) is 11.6 Å². The van der Waals surface area contributed by atoms with Crippen LogP contribution in [0.4, 0.5) is 0 Å². The Morgan fingerprint density at radius 1 is 1.13 bits per heavy atom. The number of ether oxygens (including phenoxy) is 3. The van der Waals surface area contributed by atoms with Crippen molar-refractivity contribution in [2.24, 2.45) is 0 Å². The summed E-state index contributed by atoms with van der Waals surface area (Å²) in [7, 11) is 0. The Labute approximate surface area is 175 Å². The van der Waals surface area contributed by atoms with Crippen molar-refractivity contribution in [3.8, 4) is 23.0 Å². The number of esters is 1. The minimum Gasteiger partial charge on any atom is -0.492 e. The van der Waals surface area contributed by atoms with Crippen molar-refractivity contribution in [1.29, 1.82) is 0 Å². The maximum Gasteiger partial charge on any atom is 0.309 e. The number of carbonyl (C=O) groups excluding carboxylic acids is 2. The van der Waals surface area contributed by atoms with Gasteiger partial charge < -0.3 is 14.2 Å². The molecule has 1 saturated heterocycles. The molecule has 0 atom stereocenters. The molecule has 8 heteroatoms. The first-order chi connectivity index (χ1) is 14.6. The number of benzene rings is 1. The molecule has 0 unspecified atom stereocenters. The van der Waals surface area contributed by atoms with Gasteiger partial charge in [0.25, 0.3) is 0 Å². The fraction of sp³-hybridized carbons (Fsp3) is 0.455. The Kier molecular flexibility index (Phi) is 6.35. The molecule has 1 aliphatic heterocycles. The average molecular weight is 411 g/mol. The van der Waals surface area contributed by atoms with Crippen molar-refractivity contribution in [3.05, 3.63) is 35.5 Å². The van der Waals surface area contributed by atoms with Crippen LogP contribution in [-0.2, 0) is 16.0 Å². The van der Waals surface area contributed by atoms with E-state index in [2.05, 4.69) is 14.9 Å². The van der Waals surface area contributed by atoms with Crippen LogP contribution in [0.25, 0.3) is 11.4 Å². The Morgan fingerprint density at radius 2 is 1.90 bits per heavy atom. The molecule has 158 valence electrons. The Hall–Kier alpha value is -2.84. The maximum atomic E-state index is 12.3. The highest BCUT2D eigenvalue weighted by molar-refractivity contribution is 5.97. The van der Waals surface area contributed by atoms with Gasteiger partial charge in [-0.05, 0) is 37.1 Å². The summed E-state index contributed by atoms with van der Waals surface area (Å²) in [6, 6.07) is 7.39. The van der Waals surface area contributed by atoms with Crippen LogP contribution in [0, 0.1) is 0 Å². The predicted octanol–water partition coefficient (Wildman–Crippen LogP) is 2.30. The van der Waals surface area contributed by atoms with Gasteiger partial charge in [0.2, 0.25) is 5.88 Å². The van der Waals surface area contributed by atoms with Crippen LogP contribution in [0.2, 0.25) is 0 Å². The van der Waals surface area contributed by atoms with Crippen LogP contribution < -0.4 is 9.47 Å². The Balaban J connectivity index is 1.48. The smallest absolute Gasteiger partial charge is 0.309 e. The number of fused-ring (bicyclic) bond motifs is 1. The van der Waals surface area contributed by atoms with Crippen LogP contribution in [-0.4, -0.2) is 66.1 Å². The largest absolute Gasteiger partial charge is 0.492 e. The second-order valence-corrected chi connectivity index (χ2v) is 7.38. The molecule has 1 aromatic heterocycles. The lowest BCUT2D eigenvalue weighted by molar-refractivity contribution is -0.132. The maximum absolute atomic E-state index is 12.3. The monoisotopic (exact) mass is 411 g/mol. The van der Waals surface area contributed by atoms with E-state index in [0.717, 1.165) is 44.2 Å². The molecule has 1 aliphatic carbocycles. The van der Waals surface area contributed by atoms with Crippen LogP contribution >= 0.6 is 0 Å². The summed E-state index contributed by atoms with van der Waals surface area (Å²) in [5, 5.41) is 0. The van der Waals surface area contributed by atoms with Gasteiger partial charge in [-0.1, -0.05) is 0 Å². The topological polar surface area (TPSA) is 90.8 Å². The zero-order chi connectivity index (χ0) is 20.9. The first-order valence-corrected chi connectivity index (χ1v) is 10.3. The number of nitrogens with zero attached hydrogens (tertiary/aromatic N) is 3. The summed E-state index contributed by atoms with van der Waals surface area (Å²) in [5.74, 6) is 0.781. The summed E-state index contributed by atoms with van der Waals surface area (Å²) in [6.07, 6.45) is 1.78. The normalized spacial score (nSPS) is 16.8. The molecular weight excluding hydrogens is 386 g/mol. The molecule has 1 fully saturated rings. The summed E-state index contributed by atoms with van der Waals surface area (Å²) < 4.78 is 16.5. The lowest BCUT2D eigenvalue weighted by Gasteiger charge is -2.26. The van der Waals surface area contributed by atoms with Crippen molar-refractivity contribution >= 4 is 11.8 Å². The number of Topliss-reactive ketones (excluding diaryl/α,β-unsaturated/α-hetero) is 1. The van der Waals surface area contributed by atoms with Crippen molar-refractivity contribution in [2.45, 2.75) is 26.2 Å². The quantitative estimate of drug-likeness (QED) is 0.669. The zero-order valence-electron chi connectivity index (χ0n) is 17.1. The van der Waals surface area contributed by atoms with Gasteiger partial charge in [0.05, 0.1) is 13.2 Å². The van der Waals surface area contributed by atoms with E-state index >= 15 is 0 Å². The van der Waals surface area contributed by atoms with Crippen LogP contribution in [0.1, 0.15) is 35.8 Å². The van der Waals surface area contributed by atoms with Crippen LogP contribution in [0.5, 0.6) is 11.6 Å². The second kappa shape index (κ2) is 9.32. The lowest BCUT2D eigenvalue weighted by Crippen LogP contribution is -2.38. The standard InChI is InChI=1S/C22H25N3O5/c1-15(26)30-22-18-3-2-4-19(27)20(18)23-21(24-22)16-5-7-17(8-6-16)29-14-11-25-9-12-28-13-10-25/h5-8H,2-4,9-14H2,1H3. The first-order valence-electron chi connectivity index (χ1n) is 10.3. The zero-order valence-corrected chi connectivity index (χ0v) is 17.1. The molecule has 0 bridgehead atoms. The number of aromatic nitrogens is 2. The minimum atomic E-state index is -0.469. The molecule has 1 aromatic carbocycles. The van der Waals surface area contributed by atoms with E-state index in [0.29, 0.717) is 43.0 Å². The van der Waals surface area contributed by atoms with E-state index < -0.39 is 5.97 Å². The SMILES string of the molecule is CC(=O)Oc1nc(-c2ccc(OCCN3CCOCC3)cc2)nc2c1CCCC2=O. The van der Waals surface area contributed by atoms with Gasteiger partial charge in [0.1, 0.15) is 18.1 Å². The number of rotatable bonds is 6. The third-order valence-electron chi connectivity index (χ3n) is 5.20. The average Bonchev–Trinajstić information content (AvgIpc) is 2.75. The van der Waals surface area contributed by atoms with Gasteiger partial charge >= 0.3 is 5.97 Å². The fourth-order valence-corrected chi connectivity index (χ4v) is 3.63. The lowest BCUT2D eigenvalue weighted by atomic mass is 9.95. The van der Waals surface area contributed by atoms with E-state index in [9.17, 15) is 9.59 Å². The van der Waals surface area contributed by atoms with E-state index in [1.165, 1.54) is 6.92 Å². The number of ketones is 1. The molecule has 30 heavy (non-hydrogen) atoms. The van der Waals surface area contributed by atoms with Gasteiger partial charge in [-0.3, -0.25) is 14.5 Å². The van der Waals surface area contributed by atoms with E-state index in [1.54, 1.807) is 0 Å². The number of hydrogen-bond donors (Lipinski definition) is 0. The number of hydrogen-bond acceptors (Lipinski definition) is 8. The third-order valence-corrected chi connectivity index (χ3v) is 5.20. The predicted molar refractivity (Wildman–Crippen MR) is 109 cm³/mol. The summed E-state index contributed by atoms with van der Waals surface area (Å²) in [6.45, 7) is 6.18. The van der Waals surface area contributed by atoms with Crippen LogP contribution in [0.3, 0.4) is 0 Å². The van der Waals surface area contributed by atoms with Gasteiger partial charge in [0, 0.05) is 44.1 Å². The van der Waals surface area contributed by atoms with Gasteiger partial charge in [-0.25, -0.2) is 4.98 Å². The molecule has 0 spiro atoms. The highest BCUT2D eigenvalue weighted by Gasteiger charge is 2.26. The van der Waals surface area contributed by atoms with Crippen molar-refractivity contribution in [3.63, 3.8) is 0 Å². The van der Waals surface area contributed by atoms with Crippen molar-refractivity contribution in [2.75, 3.05) is 39.5 Å². The molecular formula is C22H25N3O5. The van der Waals surface area contributed by atoms with Gasteiger partial charge in [-0.15, -0.1) is 0 Å². The molecule has 0 amide bonds. The molecule has 0 radical (unpaired) electrons. The van der Waals surface area contributed by atoms with Crippen molar-refractivity contribution in [1.82, 2.24) is 14.9 Å². The highest BCUT2D eigenvalue weighted by Crippen LogP contribution is 2.30. The molecule has 0 saturated carbocycles.